The van der Waals surface area contributed by atoms with Gasteiger partial charge in [-0.1, -0.05) is 28.1 Å². The van der Waals surface area contributed by atoms with Crippen LogP contribution in [0.3, 0.4) is 0 Å². The predicted octanol–water partition coefficient (Wildman–Crippen LogP) is 2.71. The molecule has 0 unspecified atom stereocenters. The van der Waals surface area contributed by atoms with Crippen LogP contribution in [0.5, 0.6) is 0 Å². The van der Waals surface area contributed by atoms with Crippen LogP contribution in [0.15, 0.2) is 41.4 Å². The van der Waals surface area contributed by atoms with Gasteiger partial charge in [-0.3, -0.25) is 10.1 Å². The highest BCUT2D eigenvalue weighted by atomic mass is 79.9. The quantitative estimate of drug-likeness (QED) is 0.480. The molecular formula is C19H19BrN8O. The first-order valence-electron chi connectivity index (χ1n) is 9.09. The Morgan fingerprint density at radius 1 is 1.17 bits per heavy atom. The smallest absolute Gasteiger partial charge is 0.252 e. The van der Waals surface area contributed by atoms with Crippen molar-refractivity contribution in [2.24, 2.45) is 0 Å². The van der Waals surface area contributed by atoms with E-state index in [1.807, 2.05) is 38.1 Å². The van der Waals surface area contributed by atoms with Crippen molar-refractivity contribution in [1.29, 1.82) is 0 Å². The highest BCUT2D eigenvalue weighted by Crippen LogP contribution is 2.15. The van der Waals surface area contributed by atoms with Gasteiger partial charge in [0.2, 0.25) is 11.9 Å². The van der Waals surface area contributed by atoms with Crippen LogP contribution in [0.25, 0.3) is 5.78 Å². The lowest BCUT2D eigenvalue weighted by molar-refractivity contribution is -0.116. The van der Waals surface area contributed by atoms with Crippen molar-refractivity contribution < 1.29 is 4.79 Å². The number of amides is 1. The lowest BCUT2D eigenvalue weighted by Gasteiger charge is -2.09. The Balaban J connectivity index is 1.37. The lowest BCUT2D eigenvalue weighted by Crippen LogP contribution is -2.15. The van der Waals surface area contributed by atoms with E-state index in [0.29, 0.717) is 31.1 Å². The van der Waals surface area contributed by atoms with Gasteiger partial charge in [-0.05, 0) is 43.5 Å². The van der Waals surface area contributed by atoms with E-state index in [-0.39, 0.29) is 5.91 Å². The van der Waals surface area contributed by atoms with Crippen molar-refractivity contribution in [3.8, 4) is 0 Å². The lowest BCUT2D eigenvalue weighted by atomic mass is 10.1. The zero-order valence-electron chi connectivity index (χ0n) is 16.0. The van der Waals surface area contributed by atoms with Crippen molar-refractivity contribution in [2.45, 2.75) is 33.2 Å². The standard InChI is InChI=1S/C19H19BrN8O/c1-12-16(13(2)28-19(24-12)21-10-23-28)7-8-17(29)25-18-22-11-27(26-18)9-14-3-5-15(20)6-4-14/h3-6,10-11H,7-9H2,1-2H3,(H,25,26,29). The number of rotatable bonds is 6. The maximum Gasteiger partial charge on any atom is 0.252 e. The molecule has 4 rings (SSSR count). The van der Waals surface area contributed by atoms with Crippen molar-refractivity contribution in [1.82, 2.24) is 34.3 Å². The van der Waals surface area contributed by atoms with Crippen LogP contribution in [-0.2, 0) is 17.8 Å². The van der Waals surface area contributed by atoms with Crippen LogP contribution in [0.1, 0.15) is 28.9 Å². The summed E-state index contributed by atoms with van der Waals surface area (Å²) in [6.07, 6.45) is 3.92. The number of halogens is 1. The number of hydrogen-bond acceptors (Lipinski definition) is 6. The minimum atomic E-state index is -0.149. The van der Waals surface area contributed by atoms with Crippen LogP contribution in [0.4, 0.5) is 5.95 Å². The minimum Gasteiger partial charge on any atom is -0.293 e. The van der Waals surface area contributed by atoms with E-state index in [0.717, 1.165) is 27.0 Å². The third-order valence-electron chi connectivity index (χ3n) is 4.64. The van der Waals surface area contributed by atoms with E-state index >= 15 is 0 Å². The average Bonchev–Trinajstić information content (AvgIpc) is 3.33. The molecule has 29 heavy (non-hydrogen) atoms. The molecule has 0 saturated carbocycles. The van der Waals surface area contributed by atoms with Gasteiger partial charge in [0.1, 0.15) is 12.7 Å². The van der Waals surface area contributed by atoms with Crippen LogP contribution >= 0.6 is 15.9 Å². The van der Waals surface area contributed by atoms with E-state index < -0.39 is 0 Å². The molecule has 1 aromatic carbocycles. The summed E-state index contributed by atoms with van der Waals surface area (Å²) in [5.74, 6) is 0.711. The number of aromatic nitrogens is 7. The topological polar surface area (TPSA) is 103 Å². The molecule has 0 spiro atoms. The fourth-order valence-electron chi connectivity index (χ4n) is 3.15. The Bertz CT molecular complexity index is 1160. The van der Waals surface area contributed by atoms with Crippen molar-refractivity contribution in [3.63, 3.8) is 0 Å². The molecule has 3 heterocycles. The fourth-order valence-corrected chi connectivity index (χ4v) is 3.41. The second-order valence-corrected chi connectivity index (χ2v) is 7.59. The fraction of sp³-hybridized carbons (Fsp3) is 0.263. The first kappa shape index (κ1) is 19.2. The largest absolute Gasteiger partial charge is 0.293 e. The Morgan fingerprint density at radius 2 is 1.97 bits per heavy atom. The molecule has 0 aliphatic rings. The van der Waals surface area contributed by atoms with E-state index in [1.54, 1.807) is 15.5 Å². The Morgan fingerprint density at radius 3 is 2.76 bits per heavy atom. The summed E-state index contributed by atoms with van der Waals surface area (Å²) in [4.78, 5) is 25.1. The zero-order chi connectivity index (χ0) is 20.4. The van der Waals surface area contributed by atoms with Gasteiger partial charge in [-0.2, -0.15) is 10.1 Å². The van der Waals surface area contributed by atoms with Gasteiger partial charge in [0.15, 0.2) is 0 Å². The monoisotopic (exact) mass is 454 g/mol. The van der Waals surface area contributed by atoms with Gasteiger partial charge >= 0.3 is 0 Å². The Kier molecular flexibility index (Phi) is 5.34. The summed E-state index contributed by atoms with van der Waals surface area (Å²) in [6.45, 7) is 4.45. The predicted molar refractivity (Wildman–Crippen MR) is 110 cm³/mol. The highest BCUT2D eigenvalue weighted by Gasteiger charge is 2.13. The number of carbonyl (C=O) groups excluding carboxylic acids is 1. The number of carbonyl (C=O) groups is 1. The van der Waals surface area contributed by atoms with Gasteiger partial charge in [0.25, 0.3) is 5.78 Å². The van der Waals surface area contributed by atoms with E-state index in [4.69, 9.17) is 0 Å². The van der Waals surface area contributed by atoms with E-state index in [9.17, 15) is 4.79 Å². The molecule has 0 aliphatic heterocycles. The maximum absolute atomic E-state index is 12.4. The average molecular weight is 455 g/mol. The van der Waals surface area contributed by atoms with Crippen LogP contribution in [0.2, 0.25) is 0 Å². The first-order valence-corrected chi connectivity index (χ1v) is 9.88. The van der Waals surface area contributed by atoms with Gasteiger partial charge in [0.05, 0.1) is 6.54 Å². The number of benzene rings is 1. The van der Waals surface area contributed by atoms with Gasteiger partial charge in [-0.15, -0.1) is 5.10 Å². The summed E-state index contributed by atoms with van der Waals surface area (Å²) in [5, 5.41) is 11.2. The second-order valence-electron chi connectivity index (χ2n) is 6.67. The molecule has 0 bridgehead atoms. The number of nitrogens with one attached hydrogen (secondary N) is 1. The summed E-state index contributed by atoms with van der Waals surface area (Å²) in [7, 11) is 0. The summed E-state index contributed by atoms with van der Waals surface area (Å²) in [5.41, 5.74) is 3.88. The summed E-state index contributed by atoms with van der Waals surface area (Å²) < 4.78 is 4.40. The number of anilines is 1. The molecule has 9 nitrogen and oxygen atoms in total. The van der Waals surface area contributed by atoms with E-state index in [2.05, 4.69) is 46.4 Å². The first-order chi connectivity index (χ1) is 14.0. The zero-order valence-corrected chi connectivity index (χ0v) is 17.6. The van der Waals surface area contributed by atoms with Crippen molar-refractivity contribution in [3.05, 3.63) is 63.9 Å². The van der Waals surface area contributed by atoms with Gasteiger partial charge in [-0.25, -0.2) is 19.2 Å². The Hall–Kier alpha value is -3.14. The minimum absolute atomic E-state index is 0.149. The number of fused-ring (bicyclic) bond motifs is 1. The van der Waals surface area contributed by atoms with Crippen LogP contribution < -0.4 is 5.32 Å². The molecular weight excluding hydrogens is 436 g/mol. The molecule has 0 atom stereocenters. The molecule has 0 aliphatic carbocycles. The van der Waals surface area contributed by atoms with Crippen LogP contribution in [-0.4, -0.2) is 40.3 Å². The molecule has 0 saturated heterocycles. The molecule has 3 aromatic heterocycles. The van der Waals surface area contributed by atoms with Crippen molar-refractivity contribution >= 4 is 33.6 Å². The normalized spacial score (nSPS) is 11.1. The van der Waals surface area contributed by atoms with Crippen LogP contribution in [0, 0.1) is 13.8 Å². The van der Waals surface area contributed by atoms with E-state index in [1.165, 1.54) is 6.33 Å². The SMILES string of the molecule is Cc1nc2ncnn2c(C)c1CCC(=O)Nc1ncn(Cc2ccc(Br)cc2)n1. The molecule has 4 aromatic rings. The highest BCUT2D eigenvalue weighted by molar-refractivity contribution is 9.10. The molecule has 1 N–H and O–H groups in total. The second kappa shape index (κ2) is 8.08. The molecule has 1 amide bonds. The number of aryl methyl sites for hydroxylation is 2. The third-order valence-corrected chi connectivity index (χ3v) is 5.16. The molecule has 0 radical (unpaired) electrons. The summed E-state index contributed by atoms with van der Waals surface area (Å²) in [6, 6.07) is 7.97. The summed E-state index contributed by atoms with van der Waals surface area (Å²) >= 11 is 3.42. The van der Waals surface area contributed by atoms with Gasteiger partial charge in [0, 0.05) is 22.3 Å². The van der Waals surface area contributed by atoms with Gasteiger partial charge < -0.3 is 0 Å². The van der Waals surface area contributed by atoms with Crippen molar-refractivity contribution in [2.75, 3.05) is 5.32 Å². The molecule has 148 valence electrons. The third kappa shape index (κ3) is 4.32. The number of hydrogen-bond donors (Lipinski definition) is 1. The Labute approximate surface area is 175 Å². The molecule has 0 fully saturated rings. The number of nitrogens with zero attached hydrogens (tertiary/aromatic N) is 7. The maximum atomic E-state index is 12.4. The molecule has 10 heteroatoms.